The van der Waals surface area contributed by atoms with Crippen molar-refractivity contribution in [2.45, 2.75) is 46.4 Å². The number of aromatic amines is 1. The molecular formula is C19H25N5O2. The summed E-state index contributed by atoms with van der Waals surface area (Å²) in [4.78, 5) is 19.6. The molecule has 3 aromatic rings. The Hall–Kier alpha value is -2.67. The maximum atomic E-state index is 12.3. The molecule has 0 amide bonds. The average Bonchev–Trinajstić information content (AvgIpc) is 3.04. The van der Waals surface area contributed by atoms with Gasteiger partial charge in [-0.25, -0.2) is 4.68 Å². The molecule has 3 rings (SSSR count). The Morgan fingerprint density at radius 3 is 2.54 bits per heavy atom. The summed E-state index contributed by atoms with van der Waals surface area (Å²) in [6.45, 7) is 9.95. The van der Waals surface area contributed by atoms with Gasteiger partial charge in [-0.15, -0.1) is 0 Å². The highest BCUT2D eigenvalue weighted by molar-refractivity contribution is 5.74. The Balaban J connectivity index is 1.77. The number of fused-ring (bicyclic) bond motifs is 1. The van der Waals surface area contributed by atoms with Gasteiger partial charge in [0.2, 0.25) is 5.95 Å². The third-order valence-corrected chi connectivity index (χ3v) is 4.03. The molecule has 0 spiro atoms. The molecular weight excluding hydrogens is 330 g/mol. The molecule has 0 fully saturated rings. The molecule has 0 radical (unpaired) electrons. The van der Waals surface area contributed by atoms with Crippen molar-refractivity contribution in [2.24, 2.45) is 0 Å². The van der Waals surface area contributed by atoms with Crippen LogP contribution in [0.5, 0.6) is 0 Å². The van der Waals surface area contributed by atoms with Crippen molar-refractivity contribution < 1.29 is 4.74 Å². The van der Waals surface area contributed by atoms with Gasteiger partial charge in [0.25, 0.3) is 5.56 Å². The van der Waals surface area contributed by atoms with Crippen LogP contribution in [0.2, 0.25) is 0 Å². The molecule has 2 aromatic heterocycles. The molecule has 0 saturated carbocycles. The fraction of sp³-hybridized carbons (Fsp3) is 0.421. The number of rotatable bonds is 6. The van der Waals surface area contributed by atoms with Gasteiger partial charge < -0.3 is 10.1 Å². The first kappa shape index (κ1) is 18.1. The van der Waals surface area contributed by atoms with E-state index >= 15 is 0 Å². The summed E-state index contributed by atoms with van der Waals surface area (Å²) in [5.41, 5.74) is 2.36. The van der Waals surface area contributed by atoms with Gasteiger partial charge in [-0.1, -0.05) is 24.3 Å². The summed E-state index contributed by atoms with van der Waals surface area (Å²) in [5, 5.41) is 7.99. The van der Waals surface area contributed by atoms with E-state index in [2.05, 4.69) is 20.4 Å². The lowest BCUT2D eigenvalue weighted by Gasteiger charge is -2.19. The van der Waals surface area contributed by atoms with Crippen molar-refractivity contribution in [3.05, 3.63) is 51.9 Å². The number of benzene rings is 1. The van der Waals surface area contributed by atoms with Crippen molar-refractivity contribution in [2.75, 3.05) is 11.9 Å². The Bertz CT molecular complexity index is 935. The first-order valence-electron chi connectivity index (χ1n) is 8.76. The van der Waals surface area contributed by atoms with Crippen LogP contribution in [0.3, 0.4) is 0 Å². The van der Waals surface area contributed by atoms with Crippen LogP contribution in [0.4, 0.5) is 5.95 Å². The molecule has 0 atom stereocenters. The van der Waals surface area contributed by atoms with Gasteiger partial charge in [0.1, 0.15) is 5.39 Å². The van der Waals surface area contributed by atoms with Gasteiger partial charge in [0.05, 0.1) is 18.3 Å². The standard InChI is InChI=1S/C19H25N5O2/c1-5-26-12-14-8-6-13(7-9-14)10-20-18-22-16-15(17(25)23-18)11-21-24(16)19(2,3)4/h6-9,11H,5,10,12H2,1-4H3,(H2,20,22,23,25). The second-order valence-electron chi connectivity index (χ2n) is 7.19. The van der Waals surface area contributed by atoms with Crippen LogP contribution in [0.15, 0.2) is 35.3 Å². The van der Waals surface area contributed by atoms with E-state index in [-0.39, 0.29) is 11.1 Å². The van der Waals surface area contributed by atoms with E-state index in [4.69, 9.17) is 4.74 Å². The fourth-order valence-corrected chi connectivity index (χ4v) is 2.65. The average molecular weight is 355 g/mol. The second kappa shape index (κ2) is 7.29. The molecule has 26 heavy (non-hydrogen) atoms. The SMILES string of the molecule is CCOCc1ccc(CNc2nc3c(cnn3C(C)(C)C)c(=O)[nH]2)cc1. The third-order valence-electron chi connectivity index (χ3n) is 4.03. The van der Waals surface area contributed by atoms with Crippen molar-refractivity contribution >= 4 is 17.0 Å². The summed E-state index contributed by atoms with van der Waals surface area (Å²) in [5.74, 6) is 0.437. The first-order valence-corrected chi connectivity index (χ1v) is 8.76. The van der Waals surface area contributed by atoms with Crippen LogP contribution >= 0.6 is 0 Å². The van der Waals surface area contributed by atoms with Crippen LogP contribution < -0.4 is 10.9 Å². The Kier molecular flexibility index (Phi) is 5.08. The van der Waals surface area contributed by atoms with Gasteiger partial charge in [-0.05, 0) is 38.8 Å². The molecule has 7 nitrogen and oxygen atoms in total. The number of nitrogens with one attached hydrogen (secondary N) is 2. The maximum Gasteiger partial charge on any atom is 0.263 e. The molecule has 0 aliphatic carbocycles. The van der Waals surface area contributed by atoms with Crippen LogP contribution in [-0.2, 0) is 23.4 Å². The molecule has 1 aromatic carbocycles. The van der Waals surface area contributed by atoms with E-state index in [9.17, 15) is 4.79 Å². The van der Waals surface area contributed by atoms with Crippen molar-refractivity contribution in [3.8, 4) is 0 Å². The monoisotopic (exact) mass is 355 g/mol. The molecule has 2 heterocycles. The minimum absolute atomic E-state index is 0.194. The largest absolute Gasteiger partial charge is 0.377 e. The number of anilines is 1. The Morgan fingerprint density at radius 1 is 1.19 bits per heavy atom. The normalized spacial score (nSPS) is 11.8. The second-order valence-corrected chi connectivity index (χ2v) is 7.19. The molecule has 7 heteroatoms. The van der Waals surface area contributed by atoms with Gasteiger partial charge in [0, 0.05) is 13.2 Å². The van der Waals surface area contributed by atoms with Crippen LogP contribution in [0.25, 0.3) is 11.0 Å². The summed E-state index contributed by atoms with van der Waals surface area (Å²) in [6.07, 6.45) is 1.56. The number of nitrogens with zero attached hydrogens (tertiary/aromatic N) is 3. The number of hydrogen-bond acceptors (Lipinski definition) is 5. The molecule has 0 unspecified atom stereocenters. The third kappa shape index (κ3) is 3.94. The summed E-state index contributed by atoms with van der Waals surface area (Å²) in [6, 6.07) is 8.16. The van der Waals surface area contributed by atoms with Crippen LogP contribution in [0.1, 0.15) is 38.8 Å². The summed E-state index contributed by atoms with van der Waals surface area (Å²) >= 11 is 0. The first-order chi connectivity index (χ1) is 12.4. The Labute approximate surface area is 152 Å². The fourth-order valence-electron chi connectivity index (χ4n) is 2.65. The van der Waals surface area contributed by atoms with E-state index in [1.165, 1.54) is 0 Å². The van der Waals surface area contributed by atoms with Crippen LogP contribution in [-0.4, -0.2) is 26.4 Å². The number of hydrogen-bond donors (Lipinski definition) is 2. The van der Waals surface area contributed by atoms with Crippen LogP contribution in [0, 0.1) is 0 Å². The molecule has 0 aliphatic rings. The summed E-state index contributed by atoms with van der Waals surface area (Å²) in [7, 11) is 0. The van der Waals surface area contributed by atoms with E-state index in [1.807, 2.05) is 52.0 Å². The molecule has 138 valence electrons. The summed E-state index contributed by atoms with van der Waals surface area (Å²) < 4.78 is 7.17. The molecule has 0 saturated heterocycles. The van der Waals surface area contributed by atoms with Gasteiger partial charge in [-0.2, -0.15) is 10.1 Å². The van der Waals surface area contributed by atoms with Gasteiger partial charge in [0.15, 0.2) is 5.65 Å². The van der Waals surface area contributed by atoms with E-state index < -0.39 is 0 Å². The zero-order valence-electron chi connectivity index (χ0n) is 15.7. The molecule has 0 aliphatic heterocycles. The quantitative estimate of drug-likeness (QED) is 0.710. The van der Waals surface area contributed by atoms with Crippen molar-refractivity contribution in [1.29, 1.82) is 0 Å². The molecule has 2 N–H and O–H groups in total. The number of aromatic nitrogens is 4. The highest BCUT2D eigenvalue weighted by atomic mass is 16.5. The van der Waals surface area contributed by atoms with Gasteiger partial charge >= 0.3 is 0 Å². The highest BCUT2D eigenvalue weighted by Gasteiger charge is 2.19. The zero-order chi connectivity index (χ0) is 18.7. The topological polar surface area (TPSA) is 84.8 Å². The van der Waals surface area contributed by atoms with E-state index in [0.717, 1.165) is 11.1 Å². The lowest BCUT2D eigenvalue weighted by molar-refractivity contribution is 0.134. The predicted molar refractivity (Wildman–Crippen MR) is 102 cm³/mol. The predicted octanol–water partition coefficient (Wildman–Crippen LogP) is 3.02. The smallest absolute Gasteiger partial charge is 0.263 e. The molecule has 0 bridgehead atoms. The number of H-pyrrole nitrogens is 1. The highest BCUT2D eigenvalue weighted by Crippen LogP contribution is 2.19. The van der Waals surface area contributed by atoms with Crippen molar-refractivity contribution in [3.63, 3.8) is 0 Å². The maximum absolute atomic E-state index is 12.3. The Morgan fingerprint density at radius 2 is 1.88 bits per heavy atom. The minimum Gasteiger partial charge on any atom is -0.377 e. The van der Waals surface area contributed by atoms with E-state index in [1.54, 1.807) is 10.9 Å². The van der Waals surface area contributed by atoms with E-state index in [0.29, 0.717) is 36.7 Å². The minimum atomic E-state index is -0.254. The number of ether oxygens (including phenoxy) is 1. The zero-order valence-corrected chi connectivity index (χ0v) is 15.7. The van der Waals surface area contributed by atoms with Crippen molar-refractivity contribution in [1.82, 2.24) is 19.7 Å². The lowest BCUT2D eigenvalue weighted by atomic mass is 10.1. The lowest BCUT2D eigenvalue weighted by Crippen LogP contribution is -2.24. The van der Waals surface area contributed by atoms with Gasteiger partial charge in [-0.3, -0.25) is 9.78 Å².